The van der Waals surface area contributed by atoms with Crippen LogP contribution in [-0.4, -0.2) is 28.3 Å². The van der Waals surface area contributed by atoms with E-state index in [0.29, 0.717) is 5.75 Å². The van der Waals surface area contributed by atoms with Crippen LogP contribution in [0.3, 0.4) is 0 Å². The number of hydrogen-bond donors (Lipinski definition) is 0. The first-order chi connectivity index (χ1) is 8.52. The lowest BCUT2D eigenvalue weighted by Gasteiger charge is -2.16. The molecular formula is C12H16N2O3S. The molecule has 0 bridgehead atoms. The van der Waals surface area contributed by atoms with Gasteiger partial charge < -0.3 is 4.74 Å². The van der Waals surface area contributed by atoms with E-state index in [2.05, 4.69) is 10.2 Å². The second kappa shape index (κ2) is 5.06. The zero-order valence-corrected chi connectivity index (χ0v) is 11.3. The smallest absolute Gasteiger partial charge is 0.179 e. The Kier molecular flexibility index (Phi) is 3.65. The summed E-state index contributed by atoms with van der Waals surface area (Å²) in [5.74, 6) is 0.371. The molecule has 0 amide bonds. The number of ether oxygens (including phenoxy) is 1. The Labute approximate surface area is 107 Å². The van der Waals surface area contributed by atoms with E-state index in [1.165, 1.54) is 13.4 Å². The number of nitrogens with zero attached hydrogens (tertiary/aromatic N) is 2. The summed E-state index contributed by atoms with van der Waals surface area (Å²) < 4.78 is 28.3. The second-order valence-corrected chi connectivity index (χ2v) is 6.31. The van der Waals surface area contributed by atoms with Crippen LogP contribution in [0.5, 0.6) is 5.75 Å². The third-order valence-corrected chi connectivity index (χ3v) is 4.06. The number of rotatable bonds is 3. The maximum atomic E-state index is 11.6. The summed E-state index contributed by atoms with van der Waals surface area (Å²) in [5, 5.41) is 8.21. The number of methoxy groups -OCH3 is 1. The quantitative estimate of drug-likeness (QED) is 0.845. The number of hydrogen-bond acceptors (Lipinski definition) is 5. The summed E-state index contributed by atoms with van der Waals surface area (Å²) in [7, 11) is -1.80. The van der Waals surface area contributed by atoms with Gasteiger partial charge in [-0.1, -0.05) is 6.07 Å². The van der Waals surface area contributed by atoms with Gasteiger partial charge in [0.05, 0.1) is 19.7 Å². The maximum absolute atomic E-state index is 11.6. The molecule has 1 aliphatic rings. The van der Waals surface area contributed by atoms with Crippen LogP contribution in [0.25, 0.3) is 0 Å². The van der Waals surface area contributed by atoms with Gasteiger partial charge in [0.2, 0.25) is 0 Å². The molecule has 1 heterocycles. The van der Waals surface area contributed by atoms with Gasteiger partial charge in [-0.05, 0) is 30.5 Å². The Morgan fingerprint density at radius 1 is 1.39 bits per heavy atom. The van der Waals surface area contributed by atoms with Crippen molar-refractivity contribution in [3.63, 3.8) is 0 Å². The summed E-state index contributed by atoms with van der Waals surface area (Å²) in [4.78, 5) is 0.210. The molecule has 1 aromatic rings. The van der Waals surface area contributed by atoms with E-state index < -0.39 is 9.84 Å². The van der Waals surface area contributed by atoms with E-state index in [4.69, 9.17) is 4.74 Å². The lowest BCUT2D eigenvalue weighted by atomic mass is 10.0. The van der Waals surface area contributed by atoms with Crippen LogP contribution in [0.2, 0.25) is 0 Å². The number of benzene rings is 1. The molecule has 0 fully saturated rings. The van der Waals surface area contributed by atoms with Crippen LogP contribution in [0, 0.1) is 0 Å². The normalized spacial score (nSPS) is 19.8. The molecule has 18 heavy (non-hydrogen) atoms. The molecular weight excluding hydrogens is 252 g/mol. The molecule has 0 N–H and O–H groups in total. The Morgan fingerprint density at radius 3 is 2.72 bits per heavy atom. The number of sulfone groups is 1. The Balaban J connectivity index is 2.41. The summed E-state index contributed by atoms with van der Waals surface area (Å²) in [5.41, 5.74) is 0.947. The van der Waals surface area contributed by atoms with Crippen molar-refractivity contribution in [1.29, 1.82) is 0 Å². The van der Waals surface area contributed by atoms with Gasteiger partial charge in [0.25, 0.3) is 0 Å². The van der Waals surface area contributed by atoms with Gasteiger partial charge in [-0.15, -0.1) is 0 Å². The van der Waals surface area contributed by atoms with Gasteiger partial charge in [0, 0.05) is 6.26 Å². The fourth-order valence-electron chi connectivity index (χ4n) is 2.00. The minimum Gasteiger partial charge on any atom is -0.495 e. The SMILES string of the molecule is COc1cc(C2CCCN=N2)ccc1S(C)(=O)=O. The highest BCUT2D eigenvalue weighted by Gasteiger charge is 2.19. The Hall–Kier alpha value is -1.43. The van der Waals surface area contributed by atoms with E-state index in [9.17, 15) is 8.42 Å². The molecule has 0 saturated heterocycles. The van der Waals surface area contributed by atoms with E-state index >= 15 is 0 Å². The van der Waals surface area contributed by atoms with Crippen LogP contribution in [0.4, 0.5) is 0 Å². The Morgan fingerprint density at radius 2 is 2.17 bits per heavy atom. The predicted molar refractivity (Wildman–Crippen MR) is 67.8 cm³/mol. The Bertz CT molecular complexity index is 567. The average molecular weight is 268 g/mol. The average Bonchev–Trinajstić information content (AvgIpc) is 2.38. The van der Waals surface area contributed by atoms with Gasteiger partial charge in [-0.3, -0.25) is 0 Å². The van der Waals surface area contributed by atoms with Gasteiger partial charge in [0.1, 0.15) is 10.6 Å². The molecule has 0 aromatic heterocycles. The molecule has 0 radical (unpaired) electrons. The lowest BCUT2D eigenvalue weighted by molar-refractivity contribution is 0.401. The van der Waals surface area contributed by atoms with E-state index in [0.717, 1.165) is 24.9 Å². The third kappa shape index (κ3) is 2.69. The van der Waals surface area contributed by atoms with Gasteiger partial charge >= 0.3 is 0 Å². The minimum atomic E-state index is -3.27. The van der Waals surface area contributed by atoms with Crippen molar-refractivity contribution in [2.24, 2.45) is 10.2 Å². The zero-order chi connectivity index (χ0) is 13.2. The summed E-state index contributed by atoms with van der Waals surface area (Å²) in [6.45, 7) is 0.773. The highest BCUT2D eigenvalue weighted by atomic mass is 32.2. The minimum absolute atomic E-state index is 0.0151. The first-order valence-corrected chi connectivity index (χ1v) is 7.66. The molecule has 0 spiro atoms. The molecule has 0 saturated carbocycles. The fraction of sp³-hybridized carbons (Fsp3) is 0.500. The molecule has 0 aliphatic carbocycles. The van der Waals surface area contributed by atoms with Crippen LogP contribution in [0.15, 0.2) is 33.3 Å². The van der Waals surface area contributed by atoms with Crippen LogP contribution >= 0.6 is 0 Å². The monoisotopic (exact) mass is 268 g/mol. The van der Waals surface area contributed by atoms with Crippen LogP contribution < -0.4 is 4.74 Å². The lowest BCUT2D eigenvalue weighted by Crippen LogP contribution is -2.05. The van der Waals surface area contributed by atoms with Crippen LogP contribution in [0.1, 0.15) is 24.4 Å². The third-order valence-electron chi connectivity index (χ3n) is 2.93. The van der Waals surface area contributed by atoms with Crippen LogP contribution in [-0.2, 0) is 9.84 Å². The van der Waals surface area contributed by atoms with Crippen molar-refractivity contribution >= 4 is 9.84 Å². The first-order valence-electron chi connectivity index (χ1n) is 5.77. The summed E-state index contributed by atoms with van der Waals surface area (Å²) >= 11 is 0. The van der Waals surface area contributed by atoms with E-state index in [1.807, 2.05) is 0 Å². The summed E-state index contributed by atoms with van der Waals surface area (Å²) in [6.07, 6.45) is 3.11. The molecule has 1 aliphatic heterocycles. The highest BCUT2D eigenvalue weighted by Crippen LogP contribution is 2.32. The fourth-order valence-corrected chi connectivity index (χ4v) is 2.82. The van der Waals surface area contributed by atoms with E-state index in [-0.39, 0.29) is 10.9 Å². The standard InChI is InChI=1S/C12H16N2O3S/c1-17-11-8-9(10-4-3-7-13-14-10)5-6-12(11)18(2,15)16/h5-6,8,10H,3-4,7H2,1-2H3. The van der Waals surface area contributed by atoms with E-state index in [1.54, 1.807) is 18.2 Å². The van der Waals surface area contributed by atoms with Crippen molar-refractivity contribution < 1.29 is 13.2 Å². The van der Waals surface area contributed by atoms with Crippen molar-refractivity contribution in [2.45, 2.75) is 23.8 Å². The van der Waals surface area contributed by atoms with Crippen molar-refractivity contribution in [3.8, 4) is 5.75 Å². The van der Waals surface area contributed by atoms with Crippen molar-refractivity contribution in [1.82, 2.24) is 0 Å². The maximum Gasteiger partial charge on any atom is 0.179 e. The molecule has 1 atom stereocenters. The molecule has 1 aromatic carbocycles. The largest absolute Gasteiger partial charge is 0.495 e. The second-order valence-electron chi connectivity index (χ2n) is 4.32. The molecule has 1 unspecified atom stereocenters. The predicted octanol–water partition coefficient (Wildman–Crippen LogP) is 2.39. The highest BCUT2D eigenvalue weighted by molar-refractivity contribution is 7.90. The summed E-state index contributed by atoms with van der Waals surface area (Å²) in [6, 6.07) is 5.12. The first kappa shape index (κ1) is 13.0. The molecule has 2 rings (SSSR count). The van der Waals surface area contributed by atoms with Gasteiger partial charge in [-0.25, -0.2) is 8.42 Å². The topological polar surface area (TPSA) is 68.1 Å². The number of azo groups is 1. The van der Waals surface area contributed by atoms with Gasteiger partial charge in [-0.2, -0.15) is 10.2 Å². The molecule has 6 heteroatoms. The van der Waals surface area contributed by atoms with Gasteiger partial charge in [0.15, 0.2) is 9.84 Å². The zero-order valence-electron chi connectivity index (χ0n) is 10.5. The molecule has 98 valence electrons. The molecule has 5 nitrogen and oxygen atoms in total. The van der Waals surface area contributed by atoms with Crippen molar-refractivity contribution in [2.75, 3.05) is 19.9 Å². The van der Waals surface area contributed by atoms with Crippen molar-refractivity contribution in [3.05, 3.63) is 23.8 Å².